The van der Waals surface area contributed by atoms with Crippen molar-refractivity contribution in [1.29, 1.82) is 0 Å². The van der Waals surface area contributed by atoms with E-state index in [0.29, 0.717) is 12.8 Å². The zero-order chi connectivity index (χ0) is 21.7. The first-order valence-electron chi connectivity index (χ1n) is 9.19. The quantitative estimate of drug-likeness (QED) is 0.431. The molecule has 11 heteroatoms. The van der Waals surface area contributed by atoms with Crippen molar-refractivity contribution in [3.05, 3.63) is 0 Å². The lowest BCUT2D eigenvalue weighted by atomic mass is 9.96. The molecule has 0 unspecified atom stereocenters. The fourth-order valence-corrected chi connectivity index (χ4v) is 2.95. The summed E-state index contributed by atoms with van der Waals surface area (Å²) in [5, 5.41) is 2.66. The molecule has 162 valence electrons. The average molecular weight is 415 g/mol. The van der Waals surface area contributed by atoms with Crippen LogP contribution in [0.5, 0.6) is 0 Å². The molecule has 1 saturated carbocycles. The maximum Gasteiger partial charge on any atom is 0.305 e. The first kappa shape index (κ1) is 22.6. The summed E-state index contributed by atoms with van der Waals surface area (Å²) in [6.07, 6.45) is -3.50. The predicted molar refractivity (Wildman–Crippen MR) is 92.8 cm³/mol. The highest BCUT2D eigenvalue weighted by Gasteiger charge is 2.53. The van der Waals surface area contributed by atoms with Crippen molar-refractivity contribution >= 4 is 29.8 Å². The lowest BCUT2D eigenvalue weighted by Crippen LogP contribution is -2.67. The second-order valence-electron chi connectivity index (χ2n) is 6.91. The molecule has 0 aromatic rings. The van der Waals surface area contributed by atoms with Crippen molar-refractivity contribution < 1.29 is 47.7 Å². The standard InChI is InChI=1S/C18H25NO10/c1-8(20)25-7-13-15(26-9(2)21)16(27-10(3)22)14(18(29-13)28-11(4)23)19-17(24)12-5-6-12/h12-16,18H,5-7H2,1-4H3,(H,19,24)/t13-,14-,15-,16-,18-/m1/s1. The molecule has 1 heterocycles. The van der Waals surface area contributed by atoms with Gasteiger partial charge in [0.05, 0.1) is 0 Å². The molecule has 0 aromatic heterocycles. The zero-order valence-corrected chi connectivity index (χ0v) is 16.7. The molecule has 5 atom stereocenters. The summed E-state index contributed by atoms with van der Waals surface area (Å²) < 4.78 is 26.4. The van der Waals surface area contributed by atoms with E-state index in [0.717, 1.165) is 20.8 Å². The van der Waals surface area contributed by atoms with Crippen LogP contribution in [-0.2, 0) is 47.7 Å². The Labute approximate surface area is 167 Å². The Kier molecular flexibility index (Phi) is 7.54. The van der Waals surface area contributed by atoms with E-state index in [2.05, 4.69) is 5.32 Å². The molecule has 1 aliphatic heterocycles. The third-order valence-corrected chi connectivity index (χ3v) is 4.24. The van der Waals surface area contributed by atoms with Crippen molar-refractivity contribution in [1.82, 2.24) is 5.32 Å². The molecule has 1 amide bonds. The molecule has 11 nitrogen and oxygen atoms in total. The Morgan fingerprint density at radius 2 is 1.38 bits per heavy atom. The summed E-state index contributed by atoms with van der Waals surface area (Å²) in [5.74, 6) is -3.27. The van der Waals surface area contributed by atoms with Crippen LogP contribution >= 0.6 is 0 Å². The van der Waals surface area contributed by atoms with Crippen LogP contribution in [0.25, 0.3) is 0 Å². The molecular weight excluding hydrogens is 390 g/mol. The lowest BCUT2D eigenvalue weighted by molar-refractivity contribution is -0.271. The molecular formula is C18H25NO10. The van der Waals surface area contributed by atoms with Crippen LogP contribution < -0.4 is 5.32 Å². The molecule has 0 spiro atoms. The van der Waals surface area contributed by atoms with Gasteiger partial charge in [-0.15, -0.1) is 0 Å². The first-order chi connectivity index (χ1) is 13.6. The summed E-state index contributed by atoms with van der Waals surface area (Å²) >= 11 is 0. The number of rotatable bonds is 7. The van der Waals surface area contributed by atoms with Gasteiger partial charge >= 0.3 is 23.9 Å². The van der Waals surface area contributed by atoms with E-state index in [1.807, 2.05) is 0 Å². The van der Waals surface area contributed by atoms with Gasteiger partial charge in [-0.1, -0.05) is 0 Å². The number of hydrogen-bond donors (Lipinski definition) is 1. The smallest absolute Gasteiger partial charge is 0.305 e. The molecule has 29 heavy (non-hydrogen) atoms. The predicted octanol–water partition coefficient (Wildman–Crippen LogP) is -0.404. The molecule has 2 fully saturated rings. The van der Waals surface area contributed by atoms with Gasteiger partial charge in [0.2, 0.25) is 12.2 Å². The largest absolute Gasteiger partial charge is 0.463 e. The maximum atomic E-state index is 12.3. The maximum absolute atomic E-state index is 12.3. The monoisotopic (exact) mass is 415 g/mol. The molecule has 1 aliphatic carbocycles. The first-order valence-corrected chi connectivity index (χ1v) is 9.19. The normalized spacial score (nSPS) is 28.6. The van der Waals surface area contributed by atoms with E-state index in [-0.39, 0.29) is 18.4 Å². The van der Waals surface area contributed by atoms with E-state index in [9.17, 15) is 24.0 Å². The topological polar surface area (TPSA) is 144 Å². The third kappa shape index (κ3) is 6.70. The van der Waals surface area contributed by atoms with E-state index in [1.54, 1.807) is 0 Å². The van der Waals surface area contributed by atoms with Crippen LogP contribution in [0.4, 0.5) is 0 Å². The summed E-state index contributed by atoms with van der Waals surface area (Å²) in [7, 11) is 0. The summed E-state index contributed by atoms with van der Waals surface area (Å²) in [4.78, 5) is 58.5. The molecule has 0 radical (unpaired) electrons. The van der Waals surface area contributed by atoms with Gasteiger partial charge in [-0.2, -0.15) is 0 Å². The highest BCUT2D eigenvalue weighted by atomic mass is 16.7. The van der Waals surface area contributed by atoms with Crippen molar-refractivity contribution in [2.45, 2.75) is 71.2 Å². The van der Waals surface area contributed by atoms with Crippen LogP contribution in [0.1, 0.15) is 40.5 Å². The number of amides is 1. The van der Waals surface area contributed by atoms with Gasteiger partial charge in [-0.3, -0.25) is 24.0 Å². The van der Waals surface area contributed by atoms with Crippen LogP contribution in [0.15, 0.2) is 0 Å². The van der Waals surface area contributed by atoms with Crippen molar-refractivity contribution in [3.8, 4) is 0 Å². The number of ether oxygens (including phenoxy) is 5. The fraction of sp³-hybridized carbons (Fsp3) is 0.722. The van der Waals surface area contributed by atoms with Gasteiger partial charge in [-0.05, 0) is 12.8 Å². The van der Waals surface area contributed by atoms with E-state index in [1.165, 1.54) is 6.92 Å². The van der Waals surface area contributed by atoms with Crippen molar-refractivity contribution in [3.63, 3.8) is 0 Å². The second-order valence-corrected chi connectivity index (χ2v) is 6.91. The van der Waals surface area contributed by atoms with Gasteiger partial charge in [0.1, 0.15) is 18.8 Å². The molecule has 2 rings (SSSR count). The summed E-state index contributed by atoms with van der Waals surface area (Å²) in [6, 6.07) is -1.13. The van der Waals surface area contributed by atoms with Gasteiger partial charge in [0.15, 0.2) is 12.2 Å². The number of carbonyl (C=O) groups is 5. The van der Waals surface area contributed by atoms with Crippen LogP contribution in [0, 0.1) is 5.92 Å². The van der Waals surface area contributed by atoms with Gasteiger partial charge in [-0.25, -0.2) is 0 Å². The molecule has 2 aliphatic rings. The van der Waals surface area contributed by atoms with Gasteiger partial charge < -0.3 is 29.0 Å². The number of nitrogens with one attached hydrogen (secondary N) is 1. The minimum absolute atomic E-state index is 0.197. The minimum Gasteiger partial charge on any atom is -0.463 e. The lowest BCUT2D eigenvalue weighted by Gasteiger charge is -2.44. The summed E-state index contributed by atoms with van der Waals surface area (Å²) in [6.45, 7) is 4.25. The second kappa shape index (κ2) is 9.68. The van der Waals surface area contributed by atoms with Crippen molar-refractivity contribution in [2.75, 3.05) is 6.61 Å². The Morgan fingerprint density at radius 1 is 0.828 bits per heavy atom. The number of carbonyl (C=O) groups excluding carboxylic acids is 5. The van der Waals surface area contributed by atoms with Crippen LogP contribution in [0.2, 0.25) is 0 Å². The highest BCUT2D eigenvalue weighted by molar-refractivity contribution is 5.81. The van der Waals surface area contributed by atoms with Crippen LogP contribution in [-0.4, -0.2) is 67.0 Å². The molecule has 1 saturated heterocycles. The molecule has 0 aromatic carbocycles. The summed E-state index contributed by atoms with van der Waals surface area (Å²) in [5.41, 5.74) is 0. The molecule has 1 N–H and O–H groups in total. The Balaban J connectivity index is 2.36. The minimum atomic E-state index is -1.35. The van der Waals surface area contributed by atoms with E-state index < -0.39 is 54.5 Å². The van der Waals surface area contributed by atoms with Gasteiger partial charge in [0.25, 0.3) is 0 Å². The van der Waals surface area contributed by atoms with E-state index >= 15 is 0 Å². The number of esters is 4. The third-order valence-electron chi connectivity index (χ3n) is 4.24. The zero-order valence-electron chi connectivity index (χ0n) is 16.7. The number of hydrogen-bond acceptors (Lipinski definition) is 10. The van der Waals surface area contributed by atoms with Gasteiger partial charge in [0, 0.05) is 33.6 Å². The average Bonchev–Trinajstić information content (AvgIpc) is 3.42. The van der Waals surface area contributed by atoms with E-state index in [4.69, 9.17) is 23.7 Å². The molecule has 0 bridgehead atoms. The Morgan fingerprint density at radius 3 is 1.86 bits per heavy atom. The SMILES string of the molecule is CC(=O)OC[C@H]1O[C@@H](OC(C)=O)[C@H](NC(=O)C2CC2)[C@@H](OC(C)=O)[C@@H]1OC(C)=O. The Bertz CT molecular complexity index is 674. The van der Waals surface area contributed by atoms with Crippen molar-refractivity contribution in [2.24, 2.45) is 5.92 Å². The Hall–Kier alpha value is -2.69. The highest BCUT2D eigenvalue weighted by Crippen LogP contribution is 2.32. The fourth-order valence-electron chi connectivity index (χ4n) is 2.95. The van der Waals surface area contributed by atoms with Crippen LogP contribution in [0.3, 0.4) is 0 Å².